The van der Waals surface area contributed by atoms with Crippen LogP contribution in [-0.2, 0) is 12.8 Å². The Kier molecular flexibility index (Phi) is 3.23. The van der Waals surface area contributed by atoms with Gasteiger partial charge < -0.3 is 0 Å². The highest BCUT2D eigenvalue weighted by atomic mass is 35.5. The lowest BCUT2D eigenvalue weighted by Crippen LogP contribution is -2.13. The Hall–Kier alpha value is -0.670. The van der Waals surface area contributed by atoms with E-state index in [2.05, 4.69) is 11.9 Å². The fourth-order valence-electron chi connectivity index (χ4n) is 3.67. The highest BCUT2D eigenvalue weighted by Gasteiger charge is 2.26. The molecule has 4 heteroatoms. The summed E-state index contributed by atoms with van der Waals surface area (Å²) in [6.45, 7) is 2.34. The lowest BCUT2D eigenvalue weighted by atomic mass is 9.82. The number of aromatic nitrogens is 2. The minimum atomic E-state index is 0.519. The zero-order valence-corrected chi connectivity index (χ0v) is 13.4. The Morgan fingerprint density at radius 1 is 1.10 bits per heavy atom. The minimum absolute atomic E-state index is 0.519. The zero-order valence-electron chi connectivity index (χ0n) is 11.8. The molecule has 0 radical (unpaired) electrons. The van der Waals surface area contributed by atoms with Crippen molar-refractivity contribution in [2.45, 2.75) is 57.8 Å². The van der Waals surface area contributed by atoms with E-state index in [4.69, 9.17) is 16.6 Å². The van der Waals surface area contributed by atoms with Crippen LogP contribution in [0.4, 0.5) is 0 Å². The quantitative estimate of drug-likeness (QED) is 0.683. The van der Waals surface area contributed by atoms with Gasteiger partial charge in [-0.25, -0.2) is 9.97 Å². The summed E-state index contributed by atoms with van der Waals surface area (Å²) < 4.78 is 0. The summed E-state index contributed by atoms with van der Waals surface area (Å²) in [6.07, 6.45) is 8.63. The van der Waals surface area contributed by atoms with Crippen LogP contribution >= 0.6 is 22.9 Å². The Labute approximate surface area is 128 Å². The maximum atomic E-state index is 6.49. The fraction of sp³-hybridized carbons (Fsp3) is 0.625. The van der Waals surface area contributed by atoms with Gasteiger partial charge in [-0.1, -0.05) is 31.4 Å². The SMILES string of the molecule is CC1CCC(c2nc(Cl)c3c4c(sc3n2)CCC4)CC1. The molecule has 2 aliphatic carbocycles. The van der Waals surface area contributed by atoms with E-state index in [0.29, 0.717) is 11.1 Å². The number of aryl methyl sites for hydroxylation is 2. The molecule has 0 bridgehead atoms. The van der Waals surface area contributed by atoms with Crippen LogP contribution in [0.2, 0.25) is 5.15 Å². The Morgan fingerprint density at radius 2 is 1.90 bits per heavy atom. The Morgan fingerprint density at radius 3 is 2.70 bits per heavy atom. The van der Waals surface area contributed by atoms with Gasteiger partial charge in [-0.3, -0.25) is 0 Å². The van der Waals surface area contributed by atoms with Crippen molar-refractivity contribution in [1.29, 1.82) is 0 Å². The molecule has 0 aliphatic heterocycles. The standard InChI is InChI=1S/C16H19ClN2S/c1-9-5-7-10(8-6-9)15-18-14(17)13-11-3-2-4-12(11)20-16(13)19-15/h9-10H,2-8H2,1H3. The van der Waals surface area contributed by atoms with Gasteiger partial charge >= 0.3 is 0 Å². The first kappa shape index (κ1) is 13.0. The van der Waals surface area contributed by atoms with Crippen LogP contribution in [-0.4, -0.2) is 9.97 Å². The van der Waals surface area contributed by atoms with Crippen LogP contribution < -0.4 is 0 Å². The smallest absolute Gasteiger partial charge is 0.141 e. The van der Waals surface area contributed by atoms with Crippen molar-refractivity contribution in [3.8, 4) is 0 Å². The molecular formula is C16H19ClN2S. The third-order valence-electron chi connectivity index (χ3n) is 4.92. The summed E-state index contributed by atoms with van der Waals surface area (Å²) in [6, 6.07) is 0. The maximum absolute atomic E-state index is 6.49. The molecule has 2 aromatic rings. The topological polar surface area (TPSA) is 25.8 Å². The van der Waals surface area contributed by atoms with Crippen LogP contribution in [0, 0.1) is 5.92 Å². The summed E-state index contributed by atoms with van der Waals surface area (Å²) in [5.74, 6) is 2.37. The van der Waals surface area contributed by atoms with Crippen molar-refractivity contribution in [3.05, 3.63) is 21.4 Å². The van der Waals surface area contributed by atoms with Crippen LogP contribution in [0.15, 0.2) is 0 Å². The molecule has 1 saturated carbocycles. The molecule has 2 nitrogen and oxygen atoms in total. The van der Waals surface area contributed by atoms with E-state index in [9.17, 15) is 0 Å². The molecule has 20 heavy (non-hydrogen) atoms. The number of nitrogens with zero attached hydrogens (tertiary/aromatic N) is 2. The molecule has 4 rings (SSSR count). The average Bonchev–Trinajstić information content (AvgIpc) is 2.99. The molecule has 0 atom stereocenters. The summed E-state index contributed by atoms with van der Waals surface area (Å²) in [4.78, 5) is 12.2. The highest BCUT2D eigenvalue weighted by molar-refractivity contribution is 7.19. The van der Waals surface area contributed by atoms with Gasteiger partial charge in [0.1, 0.15) is 15.8 Å². The lowest BCUT2D eigenvalue weighted by molar-refractivity contribution is 0.340. The van der Waals surface area contributed by atoms with Crippen molar-refractivity contribution in [3.63, 3.8) is 0 Å². The molecule has 2 aromatic heterocycles. The van der Waals surface area contributed by atoms with Crippen LogP contribution in [0.5, 0.6) is 0 Å². The summed E-state index contributed by atoms with van der Waals surface area (Å²) >= 11 is 8.33. The molecule has 2 aliphatic rings. The predicted octanol–water partition coefficient (Wildman–Crippen LogP) is 5.13. The first-order valence-electron chi connectivity index (χ1n) is 7.70. The predicted molar refractivity (Wildman–Crippen MR) is 84.8 cm³/mol. The lowest BCUT2D eigenvalue weighted by Gasteiger charge is -2.25. The number of rotatable bonds is 1. The summed E-state index contributed by atoms with van der Waals surface area (Å²) in [7, 11) is 0. The molecular weight excluding hydrogens is 288 g/mol. The first-order chi connectivity index (χ1) is 9.72. The number of fused-ring (bicyclic) bond motifs is 3. The van der Waals surface area contributed by atoms with Gasteiger partial charge in [-0.15, -0.1) is 11.3 Å². The third kappa shape index (κ3) is 2.06. The van der Waals surface area contributed by atoms with Gasteiger partial charge in [-0.05, 0) is 43.6 Å². The van der Waals surface area contributed by atoms with E-state index in [1.165, 1.54) is 49.0 Å². The van der Waals surface area contributed by atoms with Crippen LogP contribution in [0.1, 0.15) is 61.2 Å². The second-order valence-electron chi connectivity index (χ2n) is 6.37. The van der Waals surface area contributed by atoms with E-state index in [-0.39, 0.29) is 0 Å². The molecule has 2 heterocycles. The summed E-state index contributed by atoms with van der Waals surface area (Å²) in [5, 5.41) is 1.85. The van der Waals surface area contributed by atoms with Gasteiger partial charge in [0.05, 0.1) is 5.39 Å². The van der Waals surface area contributed by atoms with Crippen molar-refractivity contribution in [2.75, 3.05) is 0 Å². The van der Waals surface area contributed by atoms with Crippen LogP contribution in [0.25, 0.3) is 10.2 Å². The molecule has 1 fully saturated rings. The van der Waals surface area contributed by atoms with Crippen molar-refractivity contribution in [1.82, 2.24) is 9.97 Å². The number of hydrogen-bond acceptors (Lipinski definition) is 3. The molecule has 0 spiro atoms. The zero-order chi connectivity index (χ0) is 13.7. The monoisotopic (exact) mass is 306 g/mol. The Balaban J connectivity index is 1.75. The fourth-order valence-corrected chi connectivity index (χ4v) is 5.28. The molecule has 0 saturated heterocycles. The van der Waals surface area contributed by atoms with Crippen LogP contribution in [0.3, 0.4) is 0 Å². The minimum Gasteiger partial charge on any atom is -0.222 e. The van der Waals surface area contributed by atoms with Gasteiger partial charge in [-0.2, -0.15) is 0 Å². The molecule has 0 unspecified atom stereocenters. The van der Waals surface area contributed by atoms with Crippen molar-refractivity contribution in [2.24, 2.45) is 5.92 Å². The third-order valence-corrected chi connectivity index (χ3v) is 6.38. The Bertz CT molecular complexity index is 656. The van der Waals surface area contributed by atoms with Gasteiger partial charge in [0.15, 0.2) is 0 Å². The van der Waals surface area contributed by atoms with E-state index in [1.54, 1.807) is 0 Å². The van der Waals surface area contributed by atoms with E-state index in [0.717, 1.165) is 28.4 Å². The largest absolute Gasteiger partial charge is 0.222 e. The number of halogens is 1. The first-order valence-corrected chi connectivity index (χ1v) is 8.89. The number of thiophene rings is 1. The van der Waals surface area contributed by atoms with Gasteiger partial charge in [0, 0.05) is 10.8 Å². The molecule has 0 amide bonds. The molecule has 0 N–H and O–H groups in total. The maximum Gasteiger partial charge on any atom is 0.141 e. The van der Waals surface area contributed by atoms with E-state index < -0.39 is 0 Å². The second-order valence-corrected chi connectivity index (χ2v) is 7.81. The van der Waals surface area contributed by atoms with Gasteiger partial charge in [0.25, 0.3) is 0 Å². The van der Waals surface area contributed by atoms with E-state index >= 15 is 0 Å². The highest BCUT2D eigenvalue weighted by Crippen LogP contribution is 2.41. The van der Waals surface area contributed by atoms with Crippen molar-refractivity contribution < 1.29 is 0 Å². The van der Waals surface area contributed by atoms with Crippen molar-refractivity contribution >= 4 is 33.2 Å². The number of hydrogen-bond donors (Lipinski definition) is 0. The molecule has 0 aromatic carbocycles. The van der Waals surface area contributed by atoms with Gasteiger partial charge in [0.2, 0.25) is 0 Å². The average molecular weight is 307 g/mol. The normalized spacial score (nSPS) is 26.1. The second kappa shape index (κ2) is 4.96. The van der Waals surface area contributed by atoms with E-state index in [1.807, 2.05) is 11.3 Å². The molecule has 106 valence electrons. The summed E-state index contributed by atoms with van der Waals surface area (Å²) in [5.41, 5.74) is 1.43.